The molecule has 0 amide bonds. The average molecular weight is 334 g/mol. The summed E-state index contributed by atoms with van der Waals surface area (Å²) >= 11 is 3.16. The molecule has 0 aromatic heterocycles. The second kappa shape index (κ2) is 6.97. The van der Waals surface area contributed by atoms with E-state index in [-0.39, 0.29) is 12.4 Å². The maximum Gasteiger partial charge on any atom is 0.148 e. The van der Waals surface area contributed by atoms with E-state index in [2.05, 4.69) is 27.2 Å². The van der Waals surface area contributed by atoms with Gasteiger partial charge < -0.3 is 10.1 Å². The van der Waals surface area contributed by atoms with Crippen LogP contribution in [0.4, 0.5) is 10.1 Å². The van der Waals surface area contributed by atoms with Gasteiger partial charge in [0.25, 0.3) is 0 Å². The van der Waals surface area contributed by atoms with Gasteiger partial charge in [-0.05, 0) is 40.2 Å². The van der Waals surface area contributed by atoms with Crippen molar-refractivity contribution in [2.24, 2.45) is 0 Å². The maximum atomic E-state index is 13.2. The largest absolute Gasteiger partial charge is 0.481 e. The van der Waals surface area contributed by atoms with E-state index in [0.717, 1.165) is 17.0 Å². The molecule has 0 atom stereocenters. The zero-order valence-corrected chi connectivity index (χ0v) is 12.3. The van der Waals surface area contributed by atoms with E-state index in [0.29, 0.717) is 11.0 Å². The zero-order valence-electron chi connectivity index (χ0n) is 10.7. The Kier molecular flexibility index (Phi) is 5.03. The molecular weight excluding hydrogens is 321 g/mol. The van der Waals surface area contributed by atoms with Crippen molar-refractivity contribution in [2.45, 2.75) is 6.54 Å². The normalized spacial score (nSPS) is 9.85. The fraction of sp³-hybridized carbons (Fsp3) is 0.125. The van der Waals surface area contributed by atoms with Gasteiger partial charge in [-0.1, -0.05) is 24.1 Å². The number of rotatable bonds is 5. The van der Waals surface area contributed by atoms with E-state index in [1.807, 2.05) is 24.3 Å². The first-order chi connectivity index (χ1) is 9.70. The van der Waals surface area contributed by atoms with Crippen molar-refractivity contribution in [3.05, 3.63) is 58.3 Å². The van der Waals surface area contributed by atoms with Crippen molar-refractivity contribution in [1.29, 1.82) is 0 Å². The van der Waals surface area contributed by atoms with E-state index in [1.54, 1.807) is 12.1 Å². The van der Waals surface area contributed by atoms with Crippen LogP contribution in [-0.4, -0.2) is 6.61 Å². The van der Waals surface area contributed by atoms with Gasteiger partial charge in [0.2, 0.25) is 0 Å². The Balaban J connectivity index is 2.06. The summed E-state index contributed by atoms with van der Waals surface area (Å²) in [6.07, 6.45) is 5.19. The molecule has 2 rings (SSSR count). The molecule has 0 aliphatic carbocycles. The van der Waals surface area contributed by atoms with Crippen LogP contribution >= 0.6 is 15.9 Å². The van der Waals surface area contributed by atoms with Crippen molar-refractivity contribution in [1.82, 2.24) is 0 Å². The van der Waals surface area contributed by atoms with Crippen molar-refractivity contribution in [3.63, 3.8) is 0 Å². The Morgan fingerprint density at radius 3 is 2.80 bits per heavy atom. The molecule has 0 bridgehead atoms. The molecular formula is C16H13BrFNO. The van der Waals surface area contributed by atoms with Gasteiger partial charge in [-0.2, -0.15) is 0 Å². The van der Waals surface area contributed by atoms with Crippen LogP contribution in [0.5, 0.6) is 5.75 Å². The fourth-order valence-electron chi connectivity index (χ4n) is 1.71. The topological polar surface area (TPSA) is 21.3 Å². The van der Waals surface area contributed by atoms with Gasteiger partial charge in [0, 0.05) is 17.8 Å². The molecule has 2 nitrogen and oxygen atoms in total. The summed E-state index contributed by atoms with van der Waals surface area (Å²) in [5.74, 6) is 2.91. The molecule has 102 valence electrons. The van der Waals surface area contributed by atoms with E-state index < -0.39 is 0 Å². The van der Waals surface area contributed by atoms with Crippen LogP contribution in [0.1, 0.15) is 5.56 Å². The summed E-state index contributed by atoms with van der Waals surface area (Å²) in [6.45, 7) is 0.803. The third-order valence-electron chi connectivity index (χ3n) is 2.69. The fourth-order valence-corrected chi connectivity index (χ4v) is 2.09. The van der Waals surface area contributed by atoms with Gasteiger partial charge in [-0.15, -0.1) is 6.42 Å². The Morgan fingerprint density at radius 2 is 2.05 bits per heavy atom. The lowest BCUT2D eigenvalue weighted by atomic mass is 10.2. The van der Waals surface area contributed by atoms with Crippen molar-refractivity contribution < 1.29 is 9.13 Å². The second-order valence-corrected chi connectivity index (χ2v) is 4.94. The highest BCUT2D eigenvalue weighted by atomic mass is 79.9. The minimum atomic E-state index is -0.284. The number of nitrogens with one attached hydrogen (secondary N) is 1. The van der Waals surface area contributed by atoms with Crippen LogP contribution in [0.2, 0.25) is 0 Å². The van der Waals surface area contributed by atoms with E-state index in [1.165, 1.54) is 6.07 Å². The molecule has 0 saturated carbocycles. The molecule has 0 aliphatic rings. The first kappa shape index (κ1) is 14.4. The van der Waals surface area contributed by atoms with Crippen LogP contribution in [0, 0.1) is 18.2 Å². The summed E-state index contributed by atoms with van der Waals surface area (Å²) in [4.78, 5) is 0. The molecule has 0 unspecified atom stereocenters. The Bertz CT molecular complexity index is 637. The van der Waals surface area contributed by atoms with Crippen LogP contribution in [0.25, 0.3) is 0 Å². The summed E-state index contributed by atoms with van der Waals surface area (Å²) in [5.41, 5.74) is 1.81. The summed E-state index contributed by atoms with van der Waals surface area (Å²) in [5, 5.41) is 3.22. The average Bonchev–Trinajstić information content (AvgIpc) is 2.47. The predicted octanol–water partition coefficient (Wildman–Crippen LogP) is 4.21. The highest BCUT2D eigenvalue weighted by Crippen LogP contribution is 2.22. The molecule has 0 radical (unpaired) electrons. The zero-order chi connectivity index (χ0) is 14.4. The van der Waals surface area contributed by atoms with Gasteiger partial charge in [0.1, 0.15) is 18.2 Å². The van der Waals surface area contributed by atoms with Crippen LogP contribution in [0.15, 0.2) is 46.9 Å². The third kappa shape index (κ3) is 3.75. The third-order valence-corrected chi connectivity index (χ3v) is 3.29. The standard InChI is InChI=1S/C16H13BrFNO/c1-2-9-20-16-6-4-3-5-12(16)11-19-13-7-8-15(18)14(17)10-13/h1,3-8,10,19H,9,11H2. The van der Waals surface area contributed by atoms with Crippen molar-refractivity contribution >= 4 is 21.6 Å². The summed E-state index contributed by atoms with van der Waals surface area (Å²) in [7, 11) is 0. The number of anilines is 1. The number of benzene rings is 2. The molecule has 2 aromatic rings. The van der Waals surface area contributed by atoms with Gasteiger partial charge >= 0.3 is 0 Å². The SMILES string of the molecule is C#CCOc1ccccc1CNc1ccc(F)c(Br)c1. The second-order valence-electron chi connectivity index (χ2n) is 4.08. The molecule has 20 heavy (non-hydrogen) atoms. The maximum absolute atomic E-state index is 13.2. The molecule has 0 saturated heterocycles. The van der Waals surface area contributed by atoms with E-state index >= 15 is 0 Å². The Labute approximate surface area is 126 Å². The van der Waals surface area contributed by atoms with Crippen LogP contribution < -0.4 is 10.1 Å². The van der Waals surface area contributed by atoms with E-state index in [4.69, 9.17) is 11.2 Å². The van der Waals surface area contributed by atoms with Gasteiger partial charge in [-0.25, -0.2) is 4.39 Å². The Hall–Kier alpha value is -1.99. The highest BCUT2D eigenvalue weighted by Gasteiger charge is 2.04. The van der Waals surface area contributed by atoms with Crippen LogP contribution in [0.3, 0.4) is 0 Å². The molecule has 0 heterocycles. The number of halogens is 2. The lowest BCUT2D eigenvalue weighted by Crippen LogP contribution is -2.03. The summed E-state index contributed by atoms with van der Waals surface area (Å²) in [6, 6.07) is 12.4. The van der Waals surface area contributed by atoms with Crippen LogP contribution in [-0.2, 0) is 6.54 Å². The van der Waals surface area contributed by atoms with Gasteiger partial charge in [-0.3, -0.25) is 0 Å². The summed E-state index contributed by atoms with van der Waals surface area (Å²) < 4.78 is 19.1. The molecule has 2 aromatic carbocycles. The van der Waals surface area contributed by atoms with Gasteiger partial charge in [0.05, 0.1) is 4.47 Å². The molecule has 0 fully saturated rings. The highest BCUT2D eigenvalue weighted by molar-refractivity contribution is 9.10. The lowest BCUT2D eigenvalue weighted by Gasteiger charge is -2.11. The minimum Gasteiger partial charge on any atom is -0.481 e. The molecule has 0 aliphatic heterocycles. The predicted molar refractivity (Wildman–Crippen MR) is 82.2 cm³/mol. The van der Waals surface area contributed by atoms with Gasteiger partial charge in [0.15, 0.2) is 0 Å². The monoisotopic (exact) mass is 333 g/mol. The first-order valence-electron chi connectivity index (χ1n) is 6.04. The number of ether oxygens (including phenoxy) is 1. The van der Waals surface area contributed by atoms with Crippen molar-refractivity contribution in [3.8, 4) is 18.1 Å². The lowest BCUT2D eigenvalue weighted by molar-refractivity contribution is 0.366. The first-order valence-corrected chi connectivity index (χ1v) is 6.83. The number of para-hydroxylation sites is 1. The molecule has 0 spiro atoms. The number of hydrogen-bond donors (Lipinski definition) is 1. The molecule has 1 N–H and O–H groups in total. The van der Waals surface area contributed by atoms with E-state index in [9.17, 15) is 4.39 Å². The van der Waals surface area contributed by atoms with Crippen molar-refractivity contribution in [2.75, 3.05) is 11.9 Å². The molecule has 4 heteroatoms. The smallest absolute Gasteiger partial charge is 0.148 e. The minimum absolute atomic E-state index is 0.235. The Morgan fingerprint density at radius 1 is 1.25 bits per heavy atom. The number of terminal acetylenes is 1. The number of hydrogen-bond acceptors (Lipinski definition) is 2. The quantitative estimate of drug-likeness (QED) is 0.827.